The number of rotatable bonds is 29. The van der Waals surface area contributed by atoms with Gasteiger partial charge in [0.05, 0.1) is 38.5 Å². The molecule has 0 saturated heterocycles. The first kappa shape index (κ1) is 59.9. The molecule has 9 amide bonds. The number of carbonyl (C=O) groups is 10. The first-order valence-electron chi connectivity index (χ1n) is 22.5. The molecule has 2 rings (SSSR count). The lowest BCUT2D eigenvalue weighted by Gasteiger charge is -2.28. The van der Waals surface area contributed by atoms with E-state index >= 15 is 0 Å². The number of phenols is 1. The number of benzene rings is 2. The first-order valence-corrected chi connectivity index (χ1v) is 22.5. The molecule has 0 aliphatic carbocycles. The van der Waals surface area contributed by atoms with Crippen molar-refractivity contribution in [3.8, 4) is 5.75 Å². The highest BCUT2D eigenvalue weighted by Crippen LogP contribution is 2.13. The highest BCUT2D eigenvalue weighted by Gasteiger charge is 2.36. The van der Waals surface area contributed by atoms with Gasteiger partial charge < -0.3 is 84.2 Å². The molecule has 2 aromatic carbocycles. The van der Waals surface area contributed by atoms with Crippen LogP contribution in [0.3, 0.4) is 0 Å². The number of phenolic OH excluding ortho intramolecular Hbond substituents is 1. The van der Waals surface area contributed by atoms with E-state index in [1.54, 1.807) is 44.2 Å². The smallest absolute Gasteiger partial charge is 0.328 e. The van der Waals surface area contributed by atoms with Gasteiger partial charge in [-0.3, -0.25) is 43.2 Å². The van der Waals surface area contributed by atoms with Gasteiger partial charge in [0.1, 0.15) is 54.1 Å². The van der Waals surface area contributed by atoms with E-state index in [0.717, 1.165) is 6.92 Å². The van der Waals surface area contributed by atoms with Gasteiger partial charge in [0.2, 0.25) is 53.2 Å². The van der Waals surface area contributed by atoms with Crippen molar-refractivity contribution in [1.29, 1.82) is 0 Å². The maximum atomic E-state index is 13.9. The molecule has 0 aliphatic heterocycles. The summed E-state index contributed by atoms with van der Waals surface area (Å²) >= 11 is 0. The number of amides is 9. The fraction of sp³-hybridized carbons (Fsp3) is 0.511. The van der Waals surface area contributed by atoms with Crippen LogP contribution in [0.25, 0.3) is 0 Å². The van der Waals surface area contributed by atoms with Gasteiger partial charge in [-0.2, -0.15) is 0 Å². The summed E-state index contributed by atoms with van der Waals surface area (Å²) in [5.74, 6) is -11.1. The summed E-state index contributed by atoms with van der Waals surface area (Å²) in [7, 11) is 0. The number of aliphatic hydroxyl groups excluding tert-OH is 4. The molecule has 0 bridgehead atoms. The maximum absolute atomic E-state index is 13.9. The minimum absolute atomic E-state index is 0.131. The Kier molecular flexibility index (Phi) is 25.0. The minimum Gasteiger partial charge on any atom is -0.508 e. The van der Waals surface area contributed by atoms with Crippen LogP contribution in [0.15, 0.2) is 54.6 Å². The lowest BCUT2D eigenvalue weighted by atomic mass is 9.97. The van der Waals surface area contributed by atoms with Crippen LogP contribution in [0, 0.1) is 5.92 Å². The van der Waals surface area contributed by atoms with Gasteiger partial charge >= 0.3 is 5.97 Å². The summed E-state index contributed by atoms with van der Waals surface area (Å²) in [4.78, 5) is 130. The molecular formula is C45H66N10O16. The summed E-state index contributed by atoms with van der Waals surface area (Å²) in [6, 6.07) is 0.747. The van der Waals surface area contributed by atoms with Gasteiger partial charge in [-0.25, -0.2) is 4.79 Å². The van der Waals surface area contributed by atoms with Crippen molar-refractivity contribution < 1.29 is 78.6 Å². The normalized spacial score (nSPS) is 15.6. The second kappa shape index (κ2) is 29.7. The Morgan fingerprint density at radius 3 is 1.44 bits per heavy atom. The zero-order valence-electron chi connectivity index (χ0n) is 39.8. The molecule has 26 nitrogen and oxygen atoms in total. The third-order valence-electron chi connectivity index (χ3n) is 10.9. The first-order chi connectivity index (χ1) is 33.5. The van der Waals surface area contributed by atoms with E-state index in [-0.39, 0.29) is 18.6 Å². The van der Waals surface area contributed by atoms with E-state index < -0.39 is 152 Å². The van der Waals surface area contributed by atoms with Gasteiger partial charge in [-0.15, -0.1) is 0 Å². The number of hydrogen-bond donors (Lipinski definition) is 16. The fourth-order valence-corrected chi connectivity index (χ4v) is 6.47. The van der Waals surface area contributed by atoms with Gasteiger partial charge in [-0.1, -0.05) is 62.7 Å². The third kappa shape index (κ3) is 19.9. The largest absolute Gasteiger partial charge is 0.508 e. The van der Waals surface area contributed by atoms with Crippen LogP contribution >= 0.6 is 0 Å². The molecule has 71 heavy (non-hydrogen) atoms. The Labute approximate surface area is 408 Å². The topological polar surface area (TPSA) is 426 Å². The highest BCUT2D eigenvalue weighted by molar-refractivity contribution is 5.98. The Morgan fingerprint density at radius 1 is 0.521 bits per heavy atom. The third-order valence-corrected chi connectivity index (χ3v) is 10.9. The predicted molar refractivity (Wildman–Crippen MR) is 250 cm³/mol. The number of carbonyl (C=O) groups excluding carboxylic acids is 9. The molecule has 0 radical (unpaired) electrons. The van der Waals surface area contributed by atoms with E-state index in [0.29, 0.717) is 17.5 Å². The number of aromatic hydroxyl groups is 1. The molecule has 0 saturated carbocycles. The van der Waals surface area contributed by atoms with Crippen LogP contribution in [-0.4, -0.2) is 177 Å². The number of nitrogens with two attached hydrogens (primary N) is 1. The molecule has 2 aromatic rings. The van der Waals surface area contributed by atoms with Crippen LogP contribution in [0.5, 0.6) is 5.75 Å². The van der Waals surface area contributed by atoms with Crippen LogP contribution < -0.4 is 53.6 Å². The molecule has 392 valence electrons. The zero-order chi connectivity index (χ0) is 53.5. The van der Waals surface area contributed by atoms with Crippen molar-refractivity contribution in [2.45, 2.75) is 114 Å². The summed E-state index contributed by atoms with van der Waals surface area (Å²) in [5.41, 5.74) is 6.10. The van der Waals surface area contributed by atoms with Crippen LogP contribution in [0.1, 0.15) is 52.2 Å². The monoisotopic (exact) mass is 1000 g/mol. The van der Waals surface area contributed by atoms with Gasteiger partial charge in [-0.05, 0) is 49.9 Å². The van der Waals surface area contributed by atoms with Crippen molar-refractivity contribution in [1.82, 2.24) is 47.9 Å². The zero-order valence-corrected chi connectivity index (χ0v) is 39.8. The van der Waals surface area contributed by atoms with Gasteiger partial charge in [0.25, 0.3) is 0 Å². The Morgan fingerprint density at radius 2 is 0.958 bits per heavy atom. The van der Waals surface area contributed by atoms with E-state index in [2.05, 4.69) is 47.9 Å². The number of carboxylic acid groups (broad SMARTS) is 1. The average molecular weight is 1000 g/mol. The van der Waals surface area contributed by atoms with Crippen LogP contribution in [0.2, 0.25) is 0 Å². The number of aliphatic hydroxyl groups is 4. The number of hydrogen-bond acceptors (Lipinski definition) is 16. The predicted octanol–water partition coefficient (Wildman–Crippen LogP) is -5.97. The number of aliphatic carboxylic acids is 1. The molecule has 0 aliphatic rings. The minimum atomic E-state index is -1.88. The highest BCUT2D eigenvalue weighted by atomic mass is 16.4. The Hall–Kier alpha value is -7.26. The molecule has 0 spiro atoms. The average Bonchev–Trinajstić information content (AvgIpc) is 3.33. The van der Waals surface area contributed by atoms with E-state index in [9.17, 15) is 78.6 Å². The lowest BCUT2D eigenvalue weighted by Crippen LogP contribution is -2.63. The Balaban J connectivity index is 2.34. The standard InChI is InChI=1S/C45H66N10O16/c1-6-22(2)35(42(67)52-32(21-57)45(70)71)54-38(63)23(3)48-39(64)29(17-27-12-14-28(60)15-13-27)49-44(69)37(25(5)59)55-41(66)31(20-56)51-40(65)30(16-26-10-8-7-9-11-26)50-43(68)36(24(4)58)53-34(62)19-47-33(61)18-46/h7-15,22-25,29-32,35-37,56-60H,6,16-21,46H2,1-5H3,(H,47,61)(H,48,64)(H,49,69)(H,50,68)(H,51,65)(H,52,67)(H,53,62)(H,54,63)(H,55,66)(H,70,71)/t22-,23-,24+,25+,29-,30-,31-,32-,35-,36-,37-/m0/s1. The van der Waals surface area contributed by atoms with Gasteiger partial charge in [0.15, 0.2) is 0 Å². The van der Waals surface area contributed by atoms with Gasteiger partial charge in [0, 0.05) is 12.8 Å². The van der Waals surface area contributed by atoms with Crippen molar-refractivity contribution in [3.05, 3.63) is 65.7 Å². The number of nitrogens with one attached hydrogen (secondary N) is 9. The Bertz CT molecular complexity index is 2150. The molecule has 17 N–H and O–H groups in total. The van der Waals surface area contributed by atoms with Crippen molar-refractivity contribution >= 4 is 59.1 Å². The summed E-state index contributed by atoms with van der Waals surface area (Å²) in [6.45, 7) is 3.79. The summed E-state index contributed by atoms with van der Waals surface area (Å²) in [5, 5.41) is 80.7. The van der Waals surface area contributed by atoms with Crippen molar-refractivity contribution in [2.75, 3.05) is 26.3 Å². The van der Waals surface area contributed by atoms with Crippen LogP contribution in [-0.2, 0) is 60.8 Å². The quantitative estimate of drug-likeness (QED) is 0.0361. The SMILES string of the molecule is CC[C@H](C)[C@H](NC(=O)[C@H](C)NC(=O)[C@H](Cc1ccc(O)cc1)NC(=O)[C@@H](NC(=O)[C@H](CO)NC(=O)[C@H](Cc1ccccc1)NC(=O)[C@@H](NC(=O)CNC(=O)CN)[C@@H](C)O)[C@@H](C)O)C(=O)N[C@@H](CO)C(=O)O. The van der Waals surface area contributed by atoms with Crippen molar-refractivity contribution in [3.63, 3.8) is 0 Å². The molecule has 0 heterocycles. The van der Waals surface area contributed by atoms with E-state index in [1.165, 1.54) is 38.1 Å². The number of carboxylic acids is 1. The molecule has 11 atom stereocenters. The molecular weight excluding hydrogens is 937 g/mol. The molecule has 26 heteroatoms. The fourth-order valence-electron chi connectivity index (χ4n) is 6.47. The molecule has 0 fully saturated rings. The summed E-state index contributed by atoms with van der Waals surface area (Å²) < 4.78 is 0. The van der Waals surface area contributed by atoms with Crippen LogP contribution in [0.4, 0.5) is 0 Å². The maximum Gasteiger partial charge on any atom is 0.328 e. The van der Waals surface area contributed by atoms with Crippen molar-refractivity contribution in [2.24, 2.45) is 11.7 Å². The second-order valence-electron chi connectivity index (χ2n) is 16.6. The van der Waals surface area contributed by atoms with E-state index in [4.69, 9.17) is 5.73 Å². The molecule has 0 unspecified atom stereocenters. The lowest BCUT2D eigenvalue weighted by molar-refractivity contribution is -0.143. The summed E-state index contributed by atoms with van der Waals surface area (Å²) in [6.07, 6.45) is -3.41. The second-order valence-corrected chi connectivity index (χ2v) is 16.6. The van der Waals surface area contributed by atoms with E-state index in [1.807, 2.05) is 0 Å². The molecule has 0 aromatic heterocycles.